The second-order valence-electron chi connectivity index (χ2n) is 4.57. The Hall–Kier alpha value is -1.73. The number of fused-ring (bicyclic) bond motifs is 1. The minimum Gasteiger partial charge on any atom is -0.335 e. The zero-order valence-corrected chi connectivity index (χ0v) is 12.2. The van der Waals surface area contributed by atoms with E-state index in [9.17, 15) is 9.59 Å². The molecule has 0 unspecified atom stereocenters. The monoisotopic (exact) mass is 310 g/mol. The largest absolute Gasteiger partial charge is 0.335 e. The lowest BCUT2D eigenvalue weighted by atomic mass is 10.3. The smallest absolute Gasteiger partial charge is 0.243 e. The van der Waals surface area contributed by atoms with E-state index in [1.165, 1.54) is 21.1 Å². The summed E-state index contributed by atoms with van der Waals surface area (Å²) in [5, 5.41) is 3.07. The van der Waals surface area contributed by atoms with E-state index in [4.69, 9.17) is 11.6 Å². The number of thiophene rings is 1. The molecule has 1 aliphatic rings. The van der Waals surface area contributed by atoms with Crippen molar-refractivity contribution in [2.45, 2.75) is 6.54 Å². The molecule has 1 fully saturated rings. The number of nitrogens with zero attached hydrogens (tertiary/aromatic N) is 4. The van der Waals surface area contributed by atoms with Crippen LogP contribution in [0.5, 0.6) is 0 Å². The molecule has 0 aliphatic carbocycles. The molecule has 2 aromatic rings. The lowest BCUT2D eigenvalue weighted by Gasteiger charge is -2.31. The van der Waals surface area contributed by atoms with Gasteiger partial charge in [-0.3, -0.25) is 9.59 Å². The Morgan fingerprint density at radius 2 is 2.10 bits per heavy atom. The molecule has 3 rings (SSSR count). The van der Waals surface area contributed by atoms with E-state index in [-0.39, 0.29) is 31.4 Å². The molecule has 0 bridgehead atoms. The van der Waals surface area contributed by atoms with Crippen LogP contribution >= 0.6 is 22.9 Å². The number of likely N-dealkylation sites (N-methyl/N-ethyl adjacent to an activating group) is 1. The maximum Gasteiger partial charge on any atom is 0.243 e. The van der Waals surface area contributed by atoms with E-state index in [2.05, 4.69) is 9.97 Å². The Balaban J connectivity index is 1.85. The lowest BCUT2D eigenvalue weighted by molar-refractivity contribution is -0.149. The van der Waals surface area contributed by atoms with Gasteiger partial charge in [-0.1, -0.05) is 11.6 Å². The van der Waals surface area contributed by atoms with Gasteiger partial charge in [0.1, 0.15) is 16.5 Å². The minimum absolute atomic E-state index is 0.0544. The quantitative estimate of drug-likeness (QED) is 0.780. The van der Waals surface area contributed by atoms with Gasteiger partial charge in [0.25, 0.3) is 0 Å². The molecule has 6 nitrogen and oxygen atoms in total. The highest BCUT2D eigenvalue weighted by molar-refractivity contribution is 7.16. The molecule has 20 heavy (non-hydrogen) atoms. The molecular weight excluding hydrogens is 300 g/mol. The summed E-state index contributed by atoms with van der Waals surface area (Å²) in [7, 11) is 1.61. The summed E-state index contributed by atoms with van der Waals surface area (Å²) in [5.74, 6) is 0.252. The summed E-state index contributed by atoms with van der Waals surface area (Å²) < 4.78 is 0. The second-order valence-corrected chi connectivity index (χ2v) is 5.82. The van der Waals surface area contributed by atoms with E-state index < -0.39 is 0 Å². The first-order valence-electron chi connectivity index (χ1n) is 5.96. The number of piperazine rings is 1. The van der Waals surface area contributed by atoms with Crippen molar-refractivity contribution in [1.29, 1.82) is 0 Å². The molecule has 0 spiro atoms. The van der Waals surface area contributed by atoms with Crippen LogP contribution in [0.2, 0.25) is 5.15 Å². The fourth-order valence-electron chi connectivity index (χ4n) is 2.01. The molecule has 1 aliphatic heterocycles. The lowest BCUT2D eigenvalue weighted by Crippen LogP contribution is -2.51. The third kappa shape index (κ3) is 2.34. The Morgan fingerprint density at radius 1 is 1.30 bits per heavy atom. The SMILES string of the molecule is CN1CC(=O)N(Cc2nc(Cl)c3ccsc3n2)CC1=O. The molecule has 2 amide bonds. The van der Waals surface area contributed by atoms with Crippen LogP contribution in [-0.4, -0.2) is 51.7 Å². The number of carbonyl (C=O) groups is 2. The van der Waals surface area contributed by atoms with Crippen LogP contribution in [0, 0.1) is 0 Å². The Bertz CT molecular complexity index is 702. The zero-order valence-electron chi connectivity index (χ0n) is 10.7. The van der Waals surface area contributed by atoms with Crippen molar-refractivity contribution >= 4 is 45.0 Å². The van der Waals surface area contributed by atoms with Crippen molar-refractivity contribution in [2.75, 3.05) is 20.1 Å². The van der Waals surface area contributed by atoms with Crippen LogP contribution in [-0.2, 0) is 16.1 Å². The van der Waals surface area contributed by atoms with E-state index in [0.717, 1.165) is 10.2 Å². The summed E-state index contributed by atoms with van der Waals surface area (Å²) in [6.07, 6.45) is 0. The van der Waals surface area contributed by atoms with Crippen LogP contribution in [0.25, 0.3) is 10.2 Å². The molecule has 1 saturated heterocycles. The fraction of sp³-hybridized carbons (Fsp3) is 0.333. The molecule has 8 heteroatoms. The van der Waals surface area contributed by atoms with Crippen molar-refractivity contribution in [2.24, 2.45) is 0 Å². The predicted octanol–water partition coefficient (Wildman–Crippen LogP) is 1.15. The van der Waals surface area contributed by atoms with Gasteiger partial charge in [0, 0.05) is 12.4 Å². The first-order chi connectivity index (χ1) is 9.54. The minimum atomic E-state index is -0.113. The number of hydrogen-bond acceptors (Lipinski definition) is 5. The first kappa shape index (κ1) is 13.3. The molecule has 0 saturated carbocycles. The summed E-state index contributed by atoms with van der Waals surface area (Å²) >= 11 is 7.55. The fourth-order valence-corrected chi connectivity index (χ4v) is 3.10. The Morgan fingerprint density at radius 3 is 2.90 bits per heavy atom. The van der Waals surface area contributed by atoms with Crippen LogP contribution < -0.4 is 0 Å². The molecule has 0 aromatic carbocycles. The van der Waals surface area contributed by atoms with Gasteiger partial charge in [-0.25, -0.2) is 9.97 Å². The average Bonchev–Trinajstić information content (AvgIpc) is 2.85. The van der Waals surface area contributed by atoms with Gasteiger partial charge < -0.3 is 9.80 Å². The van der Waals surface area contributed by atoms with Crippen molar-refractivity contribution in [3.05, 3.63) is 22.4 Å². The predicted molar refractivity (Wildman–Crippen MR) is 75.5 cm³/mol. The van der Waals surface area contributed by atoms with Gasteiger partial charge in [-0.15, -0.1) is 11.3 Å². The number of halogens is 1. The van der Waals surface area contributed by atoms with Gasteiger partial charge in [-0.2, -0.15) is 0 Å². The van der Waals surface area contributed by atoms with Crippen molar-refractivity contribution in [3.63, 3.8) is 0 Å². The topological polar surface area (TPSA) is 66.4 Å². The second kappa shape index (κ2) is 4.99. The summed E-state index contributed by atoms with van der Waals surface area (Å²) in [4.78, 5) is 35.8. The van der Waals surface area contributed by atoms with Crippen LogP contribution in [0.15, 0.2) is 11.4 Å². The van der Waals surface area contributed by atoms with Gasteiger partial charge in [0.2, 0.25) is 11.8 Å². The molecule has 0 radical (unpaired) electrons. The normalized spacial score (nSPS) is 16.3. The third-order valence-electron chi connectivity index (χ3n) is 3.13. The Kier molecular flexibility index (Phi) is 3.31. The van der Waals surface area contributed by atoms with Gasteiger partial charge in [0.05, 0.1) is 13.1 Å². The number of carbonyl (C=O) groups excluding carboxylic acids is 2. The van der Waals surface area contributed by atoms with E-state index in [1.54, 1.807) is 7.05 Å². The molecule has 2 aromatic heterocycles. The highest BCUT2D eigenvalue weighted by Crippen LogP contribution is 2.25. The summed E-state index contributed by atoms with van der Waals surface area (Å²) in [5.41, 5.74) is 0. The average molecular weight is 311 g/mol. The summed E-state index contributed by atoms with van der Waals surface area (Å²) in [6.45, 7) is 0.346. The molecule has 104 valence electrons. The number of hydrogen-bond donors (Lipinski definition) is 0. The van der Waals surface area contributed by atoms with Crippen LogP contribution in [0.1, 0.15) is 5.82 Å². The van der Waals surface area contributed by atoms with Gasteiger partial charge in [-0.05, 0) is 11.4 Å². The first-order valence-corrected chi connectivity index (χ1v) is 7.21. The Labute approximate surface area is 124 Å². The number of aromatic nitrogens is 2. The van der Waals surface area contributed by atoms with Crippen molar-refractivity contribution in [3.8, 4) is 0 Å². The number of rotatable bonds is 2. The van der Waals surface area contributed by atoms with Crippen LogP contribution in [0.4, 0.5) is 0 Å². The zero-order chi connectivity index (χ0) is 14.3. The maximum absolute atomic E-state index is 11.9. The molecule has 3 heterocycles. The van der Waals surface area contributed by atoms with Gasteiger partial charge >= 0.3 is 0 Å². The highest BCUT2D eigenvalue weighted by Gasteiger charge is 2.28. The number of amides is 2. The molecule has 0 N–H and O–H groups in total. The maximum atomic E-state index is 11.9. The van der Waals surface area contributed by atoms with Crippen molar-refractivity contribution < 1.29 is 9.59 Å². The van der Waals surface area contributed by atoms with E-state index in [1.807, 2.05) is 11.4 Å². The summed E-state index contributed by atoms with van der Waals surface area (Å²) in [6, 6.07) is 1.86. The molecule has 0 atom stereocenters. The highest BCUT2D eigenvalue weighted by atomic mass is 35.5. The standard InChI is InChI=1S/C12H11ClN4O2S/c1-16-5-10(19)17(6-9(16)18)4-8-14-11(13)7-2-3-20-12(7)15-8/h2-3H,4-6H2,1H3. The van der Waals surface area contributed by atoms with Crippen LogP contribution in [0.3, 0.4) is 0 Å². The van der Waals surface area contributed by atoms with Gasteiger partial charge in [0.15, 0.2) is 5.82 Å². The third-order valence-corrected chi connectivity index (χ3v) is 4.23. The van der Waals surface area contributed by atoms with E-state index in [0.29, 0.717) is 11.0 Å². The molecular formula is C12H11ClN4O2S. The van der Waals surface area contributed by atoms with E-state index >= 15 is 0 Å². The van der Waals surface area contributed by atoms with Crippen molar-refractivity contribution in [1.82, 2.24) is 19.8 Å².